The molecule has 112 valence electrons. The van der Waals surface area contributed by atoms with Crippen molar-refractivity contribution in [3.63, 3.8) is 0 Å². The first-order chi connectivity index (χ1) is 9.97. The SMILES string of the molecule is C=C1CC2C(CC[C@]3(C)C(=O)CCC23)[C@@]2(C)C=CCC=C12. The van der Waals surface area contributed by atoms with Gasteiger partial charge in [-0.1, -0.05) is 44.2 Å². The number of fused-ring (bicyclic) bond motifs is 5. The van der Waals surface area contributed by atoms with E-state index in [1.807, 2.05) is 0 Å². The summed E-state index contributed by atoms with van der Waals surface area (Å²) < 4.78 is 0. The van der Waals surface area contributed by atoms with E-state index in [1.54, 1.807) is 0 Å². The van der Waals surface area contributed by atoms with Gasteiger partial charge >= 0.3 is 0 Å². The molecule has 3 unspecified atom stereocenters. The van der Waals surface area contributed by atoms with Crippen molar-refractivity contribution < 1.29 is 4.79 Å². The third-order valence-electron chi connectivity index (χ3n) is 7.28. The number of hydrogen-bond acceptors (Lipinski definition) is 1. The minimum absolute atomic E-state index is 0.0304. The van der Waals surface area contributed by atoms with Crippen LogP contribution in [0.25, 0.3) is 0 Å². The monoisotopic (exact) mass is 282 g/mol. The lowest BCUT2D eigenvalue weighted by Crippen LogP contribution is -2.49. The number of ketones is 1. The van der Waals surface area contributed by atoms with Gasteiger partial charge in [-0.3, -0.25) is 4.79 Å². The summed E-state index contributed by atoms with van der Waals surface area (Å²) in [5.41, 5.74) is 2.98. The van der Waals surface area contributed by atoms with Crippen molar-refractivity contribution in [3.8, 4) is 0 Å². The largest absolute Gasteiger partial charge is 0.299 e. The molecule has 0 aromatic rings. The van der Waals surface area contributed by atoms with Gasteiger partial charge in [-0.2, -0.15) is 0 Å². The zero-order valence-electron chi connectivity index (χ0n) is 13.3. The molecule has 4 aliphatic rings. The van der Waals surface area contributed by atoms with Gasteiger partial charge in [0.05, 0.1) is 0 Å². The van der Waals surface area contributed by atoms with Crippen molar-refractivity contribution in [2.75, 3.05) is 0 Å². The Morgan fingerprint density at radius 1 is 1.24 bits per heavy atom. The van der Waals surface area contributed by atoms with Gasteiger partial charge < -0.3 is 0 Å². The van der Waals surface area contributed by atoms with Crippen LogP contribution in [0.1, 0.15) is 52.4 Å². The standard InChI is InChI=1S/C20H26O/c1-13-12-14-16-7-8-18(21)20(16,3)11-9-17(14)19(2)10-5-4-6-15(13)19/h5-6,10,14,16-17H,1,4,7-9,11-12H2,2-3H3/t14?,16?,17?,19-,20-/m0/s1. The molecule has 0 heterocycles. The highest BCUT2D eigenvalue weighted by molar-refractivity contribution is 5.87. The van der Waals surface area contributed by atoms with Crippen LogP contribution in [-0.2, 0) is 4.79 Å². The molecule has 5 atom stereocenters. The highest BCUT2D eigenvalue weighted by Gasteiger charge is 2.58. The average molecular weight is 282 g/mol. The molecule has 0 aromatic heterocycles. The zero-order chi connectivity index (χ0) is 14.8. The fraction of sp³-hybridized carbons (Fsp3) is 0.650. The predicted molar refractivity (Wildman–Crippen MR) is 85.8 cm³/mol. The fourth-order valence-corrected chi connectivity index (χ4v) is 6.14. The van der Waals surface area contributed by atoms with Crippen LogP contribution in [0.3, 0.4) is 0 Å². The van der Waals surface area contributed by atoms with Crippen LogP contribution in [0.4, 0.5) is 0 Å². The van der Waals surface area contributed by atoms with Crippen molar-refractivity contribution in [2.24, 2.45) is 28.6 Å². The third-order valence-corrected chi connectivity index (χ3v) is 7.28. The Balaban J connectivity index is 1.77. The van der Waals surface area contributed by atoms with Crippen molar-refractivity contribution in [1.82, 2.24) is 0 Å². The summed E-state index contributed by atoms with van der Waals surface area (Å²) in [6.07, 6.45) is 13.6. The predicted octanol–water partition coefficient (Wildman–Crippen LogP) is 4.85. The topological polar surface area (TPSA) is 17.1 Å². The third kappa shape index (κ3) is 1.61. The van der Waals surface area contributed by atoms with Gasteiger partial charge in [-0.25, -0.2) is 0 Å². The Kier molecular flexibility index (Phi) is 2.72. The van der Waals surface area contributed by atoms with Crippen LogP contribution in [0.5, 0.6) is 0 Å². The summed E-state index contributed by atoms with van der Waals surface area (Å²) in [7, 11) is 0. The molecule has 0 amide bonds. The zero-order valence-corrected chi connectivity index (χ0v) is 13.3. The number of hydrogen-bond donors (Lipinski definition) is 0. The maximum atomic E-state index is 12.4. The molecule has 21 heavy (non-hydrogen) atoms. The minimum Gasteiger partial charge on any atom is -0.299 e. The van der Waals surface area contributed by atoms with E-state index in [0.717, 1.165) is 32.1 Å². The van der Waals surface area contributed by atoms with Gasteiger partial charge in [0.25, 0.3) is 0 Å². The first kappa shape index (κ1) is 13.5. The molecule has 0 aromatic carbocycles. The Bertz CT molecular complexity index is 581. The fourth-order valence-electron chi connectivity index (χ4n) is 6.14. The minimum atomic E-state index is -0.0304. The van der Waals surface area contributed by atoms with E-state index in [4.69, 9.17) is 0 Å². The Labute approximate surface area is 128 Å². The molecule has 3 fully saturated rings. The van der Waals surface area contributed by atoms with Gasteiger partial charge in [0.2, 0.25) is 0 Å². The van der Waals surface area contributed by atoms with Gasteiger partial charge in [0.1, 0.15) is 5.78 Å². The van der Waals surface area contributed by atoms with Crippen LogP contribution in [0, 0.1) is 28.6 Å². The van der Waals surface area contributed by atoms with Crippen LogP contribution in [0.15, 0.2) is 36.0 Å². The molecule has 0 bridgehead atoms. The number of allylic oxidation sites excluding steroid dienone is 5. The van der Waals surface area contributed by atoms with Crippen molar-refractivity contribution in [1.29, 1.82) is 0 Å². The van der Waals surface area contributed by atoms with Crippen LogP contribution < -0.4 is 0 Å². The van der Waals surface area contributed by atoms with Crippen LogP contribution in [-0.4, -0.2) is 5.78 Å². The van der Waals surface area contributed by atoms with Crippen molar-refractivity contribution in [2.45, 2.75) is 52.4 Å². The quantitative estimate of drug-likeness (QED) is 0.580. The lowest BCUT2D eigenvalue weighted by atomic mass is 9.48. The van der Waals surface area contributed by atoms with Gasteiger partial charge in [0.15, 0.2) is 0 Å². The molecule has 3 saturated carbocycles. The first-order valence-corrected chi connectivity index (χ1v) is 8.56. The molecular weight excluding hydrogens is 256 g/mol. The van der Waals surface area contributed by atoms with Crippen molar-refractivity contribution in [3.05, 3.63) is 36.0 Å². The highest BCUT2D eigenvalue weighted by Crippen LogP contribution is 2.64. The number of Topliss-reactive ketones (excluding diaryl/α,β-unsaturated/α-hetero) is 1. The average Bonchev–Trinajstić information content (AvgIpc) is 2.75. The molecule has 0 aliphatic heterocycles. The summed E-state index contributed by atoms with van der Waals surface area (Å²) in [4.78, 5) is 12.4. The van der Waals surface area contributed by atoms with Crippen molar-refractivity contribution >= 4 is 5.78 Å². The Hall–Kier alpha value is -1.11. The van der Waals surface area contributed by atoms with Gasteiger partial charge in [0, 0.05) is 17.3 Å². The molecule has 0 spiro atoms. The number of carbonyl (C=O) groups excluding carboxylic acids is 1. The Morgan fingerprint density at radius 2 is 2.05 bits per heavy atom. The van der Waals surface area contributed by atoms with Gasteiger partial charge in [-0.05, 0) is 55.4 Å². The normalized spacial score (nSPS) is 48.5. The summed E-state index contributed by atoms with van der Waals surface area (Å²) in [5, 5.41) is 0. The van der Waals surface area contributed by atoms with E-state index < -0.39 is 0 Å². The molecule has 1 heteroatoms. The molecular formula is C20H26O. The van der Waals surface area contributed by atoms with E-state index >= 15 is 0 Å². The molecule has 0 N–H and O–H groups in total. The maximum absolute atomic E-state index is 12.4. The molecule has 0 saturated heterocycles. The van der Waals surface area contributed by atoms with Crippen LogP contribution in [0.2, 0.25) is 0 Å². The summed E-state index contributed by atoms with van der Waals surface area (Å²) in [6, 6.07) is 0. The molecule has 0 radical (unpaired) electrons. The maximum Gasteiger partial charge on any atom is 0.139 e. The summed E-state index contributed by atoms with van der Waals surface area (Å²) in [5.74, 6) is 2.49. The summed E-state index contributed by atoms with van der Waals surface area (Å²) >= 11 is 0. The number of rotatable bonds is 0. The Morgan fingerprint density at radius 3 is 2.86 bits per heavy atom. The smallest absolute Gasteiger partial charge is 0.139 e. The van der Waals surface area contributed by atoms with E-state index in [2.05, 4.69) is 38.7 Å². The second-order valence-electron chi connectivity index (χ2n) is 8.14. The molecule has 4 aliphatic carbocycles. The van der Waals surface area contributed by atoms with E-state index in [9.17, 15) is 4.79 Å². The van der Waals surface area contributed by atoms with E-state index in [0.29, 0.717) is 23.5 Å². The van der Waals surface area contributed by atoms with E-state index in [1.165, 1.54) is 17.6 Å². The second kappa shape index (κ2) is 4.21. The molecule has 4 rings (SSSR count). The first-order valence-electron chi connectivity index (χ1n) is 8.56. The molecule has 1 nitrogen and oxygen atoms in total. The number of carbonyl (C=O) groups is 1. The summed E-state index contributed by atoms with van der Waals surface area (Å²) in [6.45, 7) is 9.06. The highest BCUT2D eigenvalue weighted by atomic mass is 16.1. The van der Waals surface area contributed by atoms with Gasteiger partial charge in [-0.15, -0.1) is 0 Å². The van der Waals surface area contributed by atoms with E-state index in [-0.39, 0.29) is 10.8 Å². The lowest BCUT2D eigenvalue weighted by Gasteiger charge is -2.56. The lowest BCUT2D eigenvalue weighted by molar-refractivity contribution is -0.131. The van der Waals surface area contributed by atoms with Crippen LogP contribution >= 0.6 is 0 Å². The second-order valence-corrected chi connectivity index (χ2v) is 8.14.